The second-order valence-electron chi connectivity index (χ2n) is 4.78. The van der Waals surface area contributed by atoms with Crippen molar-refractivity contribution in [1.29, 1.82) is 0 Å². The minimum Gasteiger partial charge on any atom is -0.395 e. The van der Waals surface area contributed by atoms with E-state index >= 15 is 0 Å². The van der Waals surface area contributed by atoms with Gasteiger partial charge in [0.1, 0.15) is 0 Å². The van der Waals surface area contributed by atoms with Crippen LogP contribution >= 0.6 is 11.8 Å². The lowest BCUT2D eigenvalue weighted by molar-refractivity contribution is 0.0949. The molecule has 0 saturated heterocycles. The van der Waals surface area contributed by atoms with Crippen molar-refractivity contribution >= 4 is 23.4 Å². The number of carbonyl (C=O) groups excluding carboxylic acids is 1. The number of aromatic amines is 1. The van der Waals surface area contributed by atoms with Crippen molar-refractivity contribution in [2.45, 2.75) is 37.4 Å². The summed E-state index contributed by atoms with van der Waals surface area (Å²) in [7, 11) is 0. The number of hydrogen-bond acceptors (Lipinski definition) is 4. The van der Waals surface area contributed by atoms with E-state index in [0.717, 1.165) is 18.5 Å². The van der Waals surface area contributed by atoms with Crippen LogP contribution in [0.1, 0.15) is 42.4 Å². The first-order valence-corrected chi connectivity index (χ1v) is 7.50. The van der Waals surface area contributed by atoms with Gasteiger partial charge in [-0.2, -0.15) is 16.9 Å². The Hall–Kier alpha value is -1.17. The zero-order chi connectivity index (χ0) is 13.2. The van der Waals surface area contributed by atoms with Crippen LogP contribution in [0.2, 0.25) is 0 Å². The van der Waals surface area contributed by atoms with Gasteiger partial charge in [0.25, 0.3) is 5.91 Å². The van der Waals surface area contributed by atoms with Crippen LogP contribution in [-0.4, -0.2) is 33.7 Å². The Labute approximate surface area is 111 Å². The molecule has 1 saturated carbocycles. The molecule has 0 atom stereocenters. The Bertz CT molecular complexity index is 439. The Balaban J connectivity index is 1.96. The third kappa shape index (κ3) is 2.63. The van der Waals surface area contributed by atoms with E-state index in [1.165, 1.54) is 12.8 Å². The van der Waals surface area contributed by atoms with Gasteiger partial charge in [-0.25, -0.2) is 0 Å². The molecule has 0 aliphatic heterocycles. The Morgan fingerprint density at radius 2 is 2.33 bits per heavy atom. The second-order valence-corrected chi connectivity index (χ2v) is 6.06. The summed E-state index contributed by atoms with van der Waals surface area (Å²) in [5, 5.41) is 9.78. The summed E-state index contributed by atoms with van der Waals surface area (Å²) < 4.78 is 0.257. The Kier molecular flexibility index (Phi) is 3.85. The molecule has 1 fully saturated rings. The van der Waals surface area contributed by atoms with Crippen molar-refractivity contribution in [1.82, 2.24) is 15.5 Å². The number of nitrogens with one attached hydrogen (secondary N) is 2. The van der Waals surface area contributed by atoms with Crippen molar-refractivity contribution in [3.8, 4) is 0 Å². The highest BCUT2D eigenvalue weighted by Gasteiger charge is 2.42. The summed E-state index contributed by atoms with van der Waals surface area (Å²) >= 11 is 1.82. The fourth-order valence-corrected chi connectivity index (χ4v) is 2.64. The first-order chi connectivity index (χ1) is 8.62. The summed E-state index contributed by atoms with van der Waals surface area (Å²) in [6.07, 6.45) is 6.22. The van der Waals surface area contributed by atoms with E-state index in [0.29, 0.717) is 17.9 Å². The molecule has 1 aromatic heterocycles. The van der Waals surface area contributed by atoms with Gasteiger partial charge >= 0.3 is 0 Å². The highest BCUT2D eigenvalue weighted by atomic mass is 32.2. The van der Waals surface area contributed by atoms with E-state index < -0.39 is 0 Å². The van der Waals surface area contributed by atoms with Gasteiger partial charge in [0.05, 0.1) is 11.4 Å². The van der Waals surface area contributed by atoms with Crippen molar-refractivity contribution in [3.63, 3.8) is 0 Å². The summed E-state index contributed by atoms with van der Waals surface area (Å²) in [5.41, 5.74) is 7.59. The zero-order valence-corrected chi connectivity index (χ0v) is 11.7. The fraction of sp³-hybridized carbons (Fsp3) is 0.667. The summed E-state index contributed by atoms with van der Waals surface area (Å²) in [4.78, 5) is 12.0. The number of carbonyl (C=O) groups is 1. The largest absolute Gasteiger partial charge is 0.395 e. The maximum absolute atomic E-state index is 12.0. The summed E-state index contributed by atoms with van der Waals surface area (Å²) in [6.45, 7) is 2.76. The molecule has 0 bridgehead atoms. The van der Waals surface area contributed by atoms with Crippen molar-refractivity contribution in [2.75, 3.05) is 18.5 Å². The van der Waals surface area contributed by atoms with Gasteiger partial charge in [0.2, 0.25) is 0 Å². The number of aryl methyl sites for hydroxylation is 1. The highest BCUT2D eigenvalue weighted by molar-refractivity contribution is 8.00. The first kappa shape index (κ1) is 13.3. The number of rotatable bonds is 6. The molecule has 0 spiro atoms. The van der Waals surface area contributed by atoms with Crippen LogP contribution in [0.25, 0.3) is 0 Å². The van der Waals surface area contributed by atoms with Crippen LogP contribution in [-0.2, 0) is 6.42 Å². The van der Waals surface area contributed by atoms with Gasteiger partial charge in [-0.1, -0.05) is 13.3 Å². The number of nitrogens with two attached hydrogens (primary N) is 1. The van der Waals surface area contributed by atoms with Crippen LogP contribution in [0.4, 0.5) is 5.69 Å². The molecule has 1 aromatic rings. The third-order valence-electron chi connectivity index (χ3n) is 3.41. The molecule has 5 nitrogen and oxygen atoms in total. The molecule has 1 heterocycles. The predicted molar refractivity (Wildman–Crippen MR) is 74.8 cm³/mol. The standard InChI is InChI=1S/C12H20N4OS/c1-3-4-8-9(13)10(16-15-8)11(17)14-7-12(18-2)5-6-12/h3-7,13H2,1-2H3,(H,14,17)(H,15,16). The summed E-state index contributed by atoms with van der Waals surface area (Å²) in [5.74, 6) is -0.175. The quantitative estimate of drug-likeness (QED) is 0.731. The average Bonchev–Trinajstić information content (AvgIpc) is 3.07. The number of nitrogens with zero attached hydrogens (tertiary/aromatic N) is 1. The molecule has 1 aliphatic rings. The number of anilines is 1. The molecular weight excluding hydrogens is 248 g/mol. The van der Waals surface area contributed by atoms with E-state index in [1.807, 2.05) is 11.8 Å². The van der Waals surface area contributed by atoms with Crippen molar-refractivity contribution < 1.29 is 4.79 Å². The van der Waals surface area contributed by atoms with Crippen LogP contribution in [0.15, 0.2) is 0 Å². The molecule has 0 radical (unpaired) electrons. The maximum Gasteiger partial charge on any atom is 0.273 e. The first-order valence-electron chi connectivity index (χ1n) is 6.28. The van der Waals surface area contributed by atoms with Gasteiger partial charge in [0.15, 0.2) is 5.69 Å². The molecule has 2 rings (SSSR count). The van der Waals surface area contributed by atoms with E-state index in [2.05, 4.69) is 28.7 Å². The highest BCUT2D eigenvalue weighted by Crippen LogP contribution is 2.46. The molecule has 4 N–H and O–H groups in total. The lowest BCUT2D eigenvalue weighted by atomic mass is 10.2. The number of nitrogen functional groups attached to an aromatic ring is 1. The smallest absolute Gasteiger partial charge is 0.273 e. The molecule has 0 aromatic carbocycles. The third-order valence-corrected chi connectivity index (χ3v) is 4.83. The molecule has 0 unspecified atom stereocenters. The monoisotopic (exact) mass is 268 g/mol. The maximum atomic E-state index is 12.0. The number of thioether (sulfide) groups is 1. The van der Waals surface area contributed by atoms with E-state index in [1.54, 1.807) is 0 Å². The second kappa shape index (κ2) is 5.22. The van der Waals surface area contributed by atoms with Crippen LogP contribution < -0.4 is 11.1 Å². The number of hydrogen-bond donors (Lipinski definition) is 3. The van der Waals surface area contributed by atoms with Crippen LogP contribution in [0.3, 0.4) is 0 Å². The van der Waals surface area contributed by atoms with Crippen LogP contribution in [0.5, 0.6) is 0 Å². The Morgan fingerprint density at radius 1 is 1.61 bits per heavy atom. The lowest BCUT2D eigenvalue weighted by Gasteiger charge is -2.12. The normalized spacial score (nSPS) is 16.6. The molecule has 18 heavy (non-hydrogen) atoms. The number of H-pyrrole nitrogens is 1. The van der Waals surface area contributed by atoms with Gasteiger partial charge in [-0.3, -0.25) is 9.89 Å². The van der Waals surface area contributed by atoms with E-state index in [4.69, 9.17) is 5.73 Å². The van der Waals surface area contributed by atoms with Gasteiger partial charge in [-0.15, -0.1) is 0 Å². The van der Waals surface area contributed by atoms with Crippen LogP contribution in [0, 0.1) is 0 Å². The molecule has 100 valence electrons. The Morgan fingerprint density at radius 3 is 2.89 bits per heavy atom. The SMILES string of the molecule is CCCc1[nH]nc(C(=O)NCC2(SC)CC2)c1N. The number of aromatic nitrogens is 2. The minimum absolute atomic E-state index is 0.175. The van der Waals surface area contributed by atoms with Crippen molar-refractivity contribution in [3.05, 3.63) is 11.4 Å². The van der Waals surface area contributed by atoms with E-state index in [9.17, 15) is 4.79 Å². The molecule has 1 amide bonds. The van der Waals surface area contributed by atoms with E-state index in [-0.39, 0.29) is 10.7 Å². The molecule has 6 heteroatoms. The van der Waals surface area contributed by atoms with Gasteiger partial charge in [0, 0.05) is 11.3 Å². The topological polar surface area (TPSA) is 83.8 Å². The molecular formula is C12H20N4OS. The van der Waals surface area contributed by atoms with Gasteiger partial charge < -0.3 is 11.1 Å². The average molecular weight is 268 g/mol. The zero-order valence-electron chi connectivity index (χ0n) is 10.9. The molecule has 1 aliphatic carbocycles. The minimum atomic E-state index is -0.175. The fourth-order valence-electron chi connectivity index (χ4n) is 1.92. The number of amides is 1. The summed E-state index contributed by atoms with van der Waals surface area (Å²) in [6, 6.07) is 0. The predicted octanol–water partition coefficient (Wildman–Crippen LogP) is 1.57. The lowest BCUT2D eigenvalue weighted by Crippen LogP contribution is -2.32. The van der Waals surface area contributed by atoms with Crippen molar-refractivity contribution in [2.24, 2.45) is 0 Å². The van der Waals surface area contributed by atoms with Gasteiger partial charge in [-0.05, 0) is 25.5 Å².